The van der Waals surface area contributed by atoms with Gasteiger partial charge in [-0.05, 0) is 26.9 Å². The van der Waals surface area contributed by atoms with E-state index in [0.29, 0.717) is 0 Å². The van der Waals surface area contributed by atoms with Crippen molar-refractivity contribution in [2.45, 2.75) is 32.2 Å². The lowest BCUT2D eigenvalue weighted by Gasteiger charge is -2.25. The van der Waals surface area contributed by atoms with Crippen LogP contribution in [0.4, 0.5) is 0 Å². The van der Waals surface area contributed by atoms with E-state index in [9.17, 15) is 0 Å². The summed E-state index contributed by atoms with van der Waals surface area (Å²) < 4.78 is 11.0. The molecule has 0 aromatic carbocycles. The number of hydrogen-bond acceptors (Lipinski definition) is 2. The van der Waals surface area contributed by atoms with Crippen LogP contribution in [0.2, 0.25) is 13.1 Å². The molecule has 0 aromatic rings. The van der Waals surface area contributed by atoms with Gasteiger partial charge in [0.25, 0.3) is 0 Å². The van der Waals surface area contributed by atoms with Gasteiger partial charge in [0.15, 0.2) is 0 Å². The monoisotopic (exact) mass is 160 g/mol. The van der Waals surface area contributed by atoms with Gasteiger partial charge in [-0.15, -0.1) is 0 Å². The molecule has 1 saturated heterocycles. The van der Waals surface area contributed by atoms with Crippen molar-refractivity contribution >= 4 is 8.32 Å². The minimum atomic E-state index is -1.52. The summed E-state index contributed by atoms with van der Waals surface area (Å²) in [7, 11) is -1.52. The zero-order valence-corrected chi connectivity index (χ0v) is 8.23. The van der Waals surface area contributed by atoms with E-state index in [-0.39, 0.29) is 5.22 Å². The Balaban J connectivity index is 2.50. The second-order valence-electron chi connectivity index (χ2n) is 3.46. The molecule has 0 aliphatic carbocycles. The third-order valence-corrected chi connectivity index (χ3v) is 6.20. The van der Waals surface area contributed by atoms with Gasteiger partial charge in [0.1, 0.15) is 5.22 Å². The van der Waals surface area contributed by atoms with Crippen LogP contribution in [0.3, 0.4) is 0 Å². The largest absolute Gasteiger partial charge is 0.415 e. The molecule has 0 bridgehead atoms. The zero-order chi connectivity index (χ0) is 7.83. The first-order chi connectivity index (χ1) is 4.52. The highest BCUT2D eigenvalue weighted by atomic mass is 28.4. The Hall–Kier alpha value is 0.137. The molecule has 0 spiro atoms. The van der Waals surface area contributed by atoms with Crippen LogP contribution in [0, 0.1) is 0 Å². The molecule has 60 valence electrons. The Labute approximate surface area is 63.7 Å². The molecule has 1 aliphatic heterocycles. The van der Waals surface area contributed by atoms with Gasteiger partial charge in [-0.3, -0.25) is 0 Å². The second kappa shape index (κ2) is 2.32. The Kier molecular flexibility index (Phi) is 1.91. The van der Waals surface area contributed by atoms with Gasteiger partial charge < -0.3 is 9.16 Å². The van der Waals surface area contributed by atoms with Gasteiger partial charge in [0.2, 0.25) is 8.32 Å². The molecule has 1 heterocycles. The first-order valence-corrected chi connectivity index (χ1v) is 6.70. The highest BCUT2D eigenvalue weighted by Gasteiger charge is 2.55. The molecule has 1 atom stereocenters. The lowest BCUT2D eigenvalue weighted by Crippen LogP contribution is -2.46. The van der Waals surface area contributed by atoms with Gasteiger partial charge in [0, 0.05) is 6.61 Å². The summed E-state index contributed by atoms with van der Waals surface area (Å²) in [5.41, 5.74) is 0. The summed E-state index contributed by atoms with van der Waals surface area (Å²) in [6.45, 7) is 10.3. The highest BCUT2D eigenvalue weighted by molar-refractivity contribution is 6.74. The average molecular weight is 160 g/mol. The fourth-order valence-electron chi connectivity index (χ4n) is 0.969. The summed E-state index contributed by atoms with van der Waals surface area (Å²) in [4.78, 5) is 0. The fourth-order valence-corrected chi connectivity index (χ4v) is 2.76. The number of hydrogen-bond donors (Lipinski definition) is 0. The lowest BCUT2D eigenvalue weighted by molar-refractivity contribution is 0.281. The van der Waals surface area contributed by atoms with Crippen LogP contribution in [0.15, 0.2) is 0 Å². The van der Waals surface area contributed by atoms with E-state index in [0.717, 1.165) is 13.2 Å². The van der Waals surface area contributed by atoms with E-state index in [1.54, 1.807) is 0 Å². The van der Waals surface area contributed by atoms with Crippen LogP contribution >= 0.6 is 0 Å². The molecule has 0 radical (unpaired) electrons. The maximum absolute atomic E-state index is 5.67. The van der Waals surface area contributed by atoms with Crippen LogP contribution in [0.5, 0.6) is 0 Å². The van der Waals surface area contributed by atoms with Crippen molar-refractivity contribution < 1.29 is 9.16 Å². The summed E-state index contributed by atoms with van der Waals surface area (Å²) in [5.74, 6) is 0. The molecule has 1 rings (SSSR count). The van der Waals surface area contributed by atoms with Crippen LogP contribution in [0.25, 0.3) is 0 Å². The number of rotatable bonds is 3. The smallest absolute Gasteiger partial charge is 0.220 e. The maximum Gasteiger partial charge on any atom is 0.220 e. The quantitative estimate of drug-likeness (QED) is 0.461. The van der Waals surface area contributed by atoms with Gasteiger partial charge in [-0.2, -0.15) is 0 Å². The van der Waals surface area contributed by atoms with Crippen molar-refractivity contribution in [1.29, 1.82) is 0 Å². The number of epoxide rings is 1. The van der Waals surface area contributed by atoms with Crippen molar-refractivity contribution in [1.82, 2.24) is 0 Å². The standard InChI is InChI=1S/C7H16O2Si/c1-5-9-10(3,4)7(2)6-8-7/h5-6H2,1-4H3. The van der Waals surface area contributed by atoms with Crippen molar-refractivity contribution in [3.8, 4) is 0 Å². The third-order valence-electron chi connectivity index (χ3n) is 2.36. The maximum atomic E-state index is 5.67. The Morgan fingerprint density at radius 2 is 2.10 bits per heavy atom. The topological polar surface area (TPSA) is 21.8 Å². The van der Waals surface area contributed by atoms with E-state index >= 15 is 0 Å². The molecule has 2 nitrogen and oxygen atoms in total. The van der Waals surface area contributed by atoms with Crippen LogP contribution in [-0.2, 0) is 9.16 Å². The normalized spacial score (nSPS) is 32.4. The molecular formula is C7H16O2Si. The molecule has 0 amide bonds. The van der Waals surface area contributed by atoms with Crippen molar-refractivity contribution in [2.75, 3.05) is 13.2 Å². The van der Waals surface area contributed by atoms with Crippen LogP contribution < -0.4 is 0 Å². The van der Waals surface area contributed by atoms with Crippen molar-refractivity contribution in [2.24, 2.45) is 0 Å². The van der Waals surface area contributed by atoms with Gasteiger partial charge in [-0.25, -0.2) is 0 Å². The molecule has 10 heavy (non-hydrogen) atoms. The zero-order valence-electron chi connectivity index (χ0n) is 7.23. The summed E-state index contributed by atoms with van der Waals surface area (Å²) in [5, 5.41) is 0.114. The molecule has 3 heteroatoms. The lowest BCUT2D eigenvalue weighted by atomic mass is 10.6. The molecule has 1 unspecified atom stereocenters. The summed E-state index contributed by atoms with van der Waals surface area (Å²) >= 11 is 0. The Morgan fingerprint density at radius 1 is 1.60 bits per heavy atom. The van der Waals surface area contributed by atoms with Gasteiger partial charge in [0.05, 0.1) is 6.61 Å². The van der Waals surface area contributed by atoms with E-state index in [2.05, 4.69) is 20.0 Å². The van der Waals surface area contributed by atoms with Gasteiger partial charge >= 0.3 is 0 Å². The van der Waals surface area contributed by atoms with Gasteiger partial charge in [-0.1, -0.05) is 0 Å². The van der Waals surface area contributed by atoms with Crippen LogP contribution in [-0.4, -0.2) is 26.8 Å². The second-order valence-corrected chi connectivity index (χ2v) is 7.83. The molecule has 1 aliphatic rings. The predicted molar refractivity (Wildman–Crippen MR) is 43.5 cm³/mol. The SMILES string of the molecule is CCO[Si](C)(C)C1(C)CO1. The van der Waals surface area contributed by atoms with Crippen molar-refractivity contribution in [3.63, 3.8) is 0 Å². The molecule has 1 fully saturated rings. The third kappa shape index (κ3) is 1.26. The van der Waals surface area contributed by atoms with Crippen LogP contribution in [0.1, 0.15) is 13.8 Å². The van der Waals surface area contributed by atoms with E-state index in [4.69, 9.17) is 9.16 Å². The summed E-state index contributed by atoms with van der Waals surface area (Å²) in [6, 6.07) is 0. The van der Waals surface area contributed by atoms with E-state index in [1.165, 1.54) is 0 Å². The predicted octanol–water partition coefficient (Wildman–Crippen LogP) is 1.56. The fraction of sp³-hybridized carbons (Fsp3) is 1.00. The minimum absolute atomic E-state index is 0.114. The first kappa shape index (κ1) is 8.24. The number of ether oxygens (including phenoxy) is 1. The average Bonchev–Trinajstić information content (AvgIpc) is 2.49. The molecule has 0 aromatic heterocycles. The molecular weight excluding hydrogens is 144 g/mol. The molecule has 0 saturated carbocycles. The molecule has 0 N–H and O–H groups in total. The van der Waals surface area contributed by atoms with E-state index in [1.807, 2.05) is 6.92 Å². The first-order valence-electron chi connectivity index (χ1n) is 3.80. The van der Waals surface area contributed by atoms with Crippen molar-refractivity contribution in [3.05, 3.63) is 0 Å². The Morgan fingerprint density at radius 3 is 2.40 bits per heavy atom. The summed E-state index contributed by atoms with van der Waals surface area (Å²) in [6.07, 6.45) is 0. The minimum Gasteiger partial charge on any atom is -0.415 e. The highest BCUT2D eigenvalue weighted by Crippen LogP contribution is 2.36. The van der Waals surface area contributed by atoms with E-state index < -0.39 is 8.32 Å². The Bertz CT molecular complexity index is 130.